The van der Waals surface area contributed by atoms with E-state index in [-0.39, 0.29) is 19.0 Å². The summed E-state index contributed by atoms with van der Waals surface area (Å²) in [7, 11) is 0. The summed E-state index contributed by atoms with van der Waals surface area (Å²) in [5.41, 5.74) is 7.63. The molecule has 0 atom stereocenters. The van der Waals surface area contributed by atoms with Crippen LogP contribution in [-0.2, 0) is 16.1 Å². The van der Waals surface area contributed by atoms with Crippen LogP contribution in [0.2, 0.25) is 0 Å². The fourth-order valence-electron chi connectivity index (χ4n) is 1.74. The van der Waals surface area contributed by atoms with Gasteiger partial charge >= 0.3 is 5.97 Å². The van der Waals surface area contributed by atoms with Crippen molar-refractivity contribution in [2.45, 2.75) is 13.5 Å². The van der Waals surface area contributed by atoms with Gasteiger partial charge in [-0.1, -0.05) is 18.2 Å². The maximum absolute atomic E-state index is 13.1. The van der Waals surface area contributed by atoms with Gasteiger partial charge in [0.05, 0.1) is 5.69 Å². The van der Waals surface area contributed by atoms with Crippen molar-refractivity contribution in [2.75, 3.05) is 12.3 Å². The number of nitrogen functional groups attached to an aromatic ring is 1. The molecular formula is C16H16FNO3. The predicted octanol–water partition coefficient (Wildman–Crippen LogP) is 2.84. The van der Waals surface area contributed by atoms with Gasteiger partial charge in [0.25, 0.3) is 0 Å². The molecule has 0 saturated heterocycles. The molecule has 0 fully saturated rings. The second kappa shape index (κ2) is 6.74. The van der Waals surface area contributed by atoms with E-state index in [1.807, 2.05) is 6.92 Å². The molecule has 2 aromatic carbocycles. The SMILES string of the molecule is Cc1ccc(F)cc1COC(=O)COc1ccccc1N. The molecule has 0 aliphatic rings. The van der Waals surface area contributed by atoms with E-state index in [9.17, 15) is 9.18 Å². The van der Waals surface area contributed by atoms with Crippen molar-refractivity contribution in [1.82, 2.24) is 0 Å². The maximum Gasteiger partial charge on any atom is 0.344 e. The smallest absolute Gasteiger partial charge is 0.344 e. The normalized spacial score (nSPS) is 10.2. The first kappa shape index (κ1) is 14.8. The summed E-state index contributed by atoms with van der Waals surface area (Å²) < 4.78 is 23.4. The molecule has 2 rings (SSSR count). The highest BCUT2D eigenvalue weighted by atomic mass is 19.1. The van der Waals surface area contributed by atoms with Crippen molar-refractivity contribution in [3.8, 4) is 5.75 Å². The highest BCUT2D eigenvalue weighted by Gasteiger charge is 2.08. The minimum absolute atomic E-state index is 0.00998. The van der Waals surface area contributed by atoms with Crippen LogP contribution in [0.5, 0.6) is 5.75 Å². The van der Waals surface area contributed by atoms with E-state index in [2.05, 4.69) is 0 Å². The molecule has 0 saturated carbocycles. The number of nitrogens with two attached hydrogens (primary N) is 1. The molecule has 110 valence electrons. The standard InChI is InChI=1S/C16H16FNO3/c1-11-6-7-13(17)8-12(11)9-21-16(19)10-20-15-5-3-2-4-14(15)18/h2-8H,9-10,18H2,1H3. The van der Waals surface area contributed by atoms with Gasteiger partial charge in [-0.15, -0.1) is 0 Å². The van der Waals surface area contributed by atoms with Gasteiger partial charge in [-0.05, 0) is 42.3 Å². The van der Waals surface area contributed by atoms with E-state index < -0.39 is 5.97 Å². The van der Waals surface area contributed by atoms with Crippen LogP contribution in [0.25, 0.3) is 0 Å². The van der Waals surface area contributed by atoms with Crippen LogP contribution < -0.4 is 10.5 Å². The maximum atomic E-state index is 13.1. The fourth-order valence-corrected chi connectivity index (χ4v) is 1.74. The number of carbonyl (C=O) groups excluding carboxylic acids is 1. The van der Waals surface area contributed by atoms with Gasteiger partial charge in [0, 0.05) is 0 Å². The molecule has 2 N–H and O–H groups in total. The van der Waals surface area contributed by atoms with E-state index in [4.69, 9.17) is 15.2 Å². The Bertz CT molecular complexity index is 643. The number of rotatable bonds is 5. The van der Waals surface area contributed by atoms with Gasteiger partial charge in [0.15, 0.2) is 6.61 Å². The second-order valence-electron chi connectivity index (χ2n) is 4.56. The summed E-state index contributed by atoms with van der Waals surface area (Å²) >= 11 is 0. The number of carbonyl (C=O) groups is 1. The minimum atomic E-state index is -0.540. The first-order valence-corrected chi connectivity index (χ1v) is 6.44. The molecule has 0 amide bonds. The number of para-hydroxylation sites is 2. The van der Waals surface area contributed by atoms with Crippen LogP contribution in [0, 0.1) is 12.7 Å². The van der Waals surface area contributed by atoms with Crippen LogP contribution in [0.4, 0.5) is 10.1 Å². The number of benzene rings is 2. The molecule has 0 aliphatic carbocycles. The molecule has 2 aromatic rings. The number of anilines is 1. The Morgan fingerprint density at radius 2 is 2.00 bits per heavy atom. The van der Waals surface area contributed by atoms with Crippen molar-refractivity contribution >= 4 is 11.7 Å². The van der Waals surface area contributed by atoms with E-state index in [0.29, 0.717) is 17.0 Å². The van der Waals surface area contributed by atoms with Crippen molar-refractivity contribution in [2.24, 2.45) is 0 Å². The average molecular weight is 289 g/mol. The third-order valence-corrected chi connectivity index (χ3v) is 2.96. The van der Waals surface area contributed by atoms with Crippen molar-refractivity contribution < 1.29 is 18.7 Å². The lowest BCUT2D eigenvalue weighted by molar-refractivity contribution is -0.147. The lowest BCUT2D eigenvalue weighted by atomic mass is 10.1. The summed E-state index contributed by atoms with van der Waals surface area (Å²) in [4.78, 5) is 11.6. The second-order valence-corrected chi connectivity index (χ2v) is 4.56. The third-order valence-electron chi connectivity index (χ3n) is 2.96. The molecule has 0 radical (unpaired) electrons. The summed E-state index contributed by atoms with van der Waals surface area (Å²) in [5.74, 6) is -0.474. The molecule has 0 aromatic heterocycles. The summed E-state index contributed by atoms with van der Waals surface area (Å²) in [6.45, 7) is 1.59. The van der Waals surface area contributed by atoms with Gasteiger partial charge < -0.3 is 15.2 Å². The molecule has 0 heterocycles. The highest BCUT2D eigenvalue weighted by Crippen LogP contribution is 2.19. The van der Waals surface area contributed by atoms with Crippen molar-refractivity contribution in [3.63, 3.8) is 0 Å². The highest BCUT2D eigenvalue weighted by molar-refractivity contribution is 5.71. The van der Waals surface area contributed by atoms with E-state index in [1.165, 1.54) is 12.1 Å². The monoisotopic (exact) mass is 289 g/mol. The lowest BCUT2D eigenvalue weighted by Gasteiger charge is -2.10. The molecule has 21 heavy (non-hydrogen) atoms. The summed E-state index contributed by atoms with van der Waals surface area (Å²) in [6, 6.07) is 11.2. The van der Waals surface area contributed by atoms with Gasteiger partial charge in [-0.2, -0.15) is 0 Å². The van der Waals surface area contributed by atoms with Gasteiger partial charge in [-0.3, -0.25) is 0 Å². The Labute approximate surface area is 122 Å². The number of hydrogen-bond donors (Lipinski definition) is 1. The predicted molar refractivity (Wildman–Crippen MR) is 77.3 cm³/mol. The Balaban J connectivity index is 1.85. The first-order valence-electron chi connectivity index (χ1n) is 6.44. The molecule has 4 nitrogen and oxygen atoms in total. The zero-order valence-corrected chi connectivity index (χ0v) is 11.6. The average Bonchev–Trinajstić information content (AvgIpc) is 2.47. The number of hydrogen-bond acceptors (Lipinski definition) is 4. The molecular weight excluding hydrogens is 273 g/mol. The number of ether oxygens (including phenoxy) is 2. The van der Waals surface area contributed by atoms with Crippen LogP contribution in [0.15, 0.2) is 42.5 Å². The van der Waals surface area contributed by atoms with Crippen LogP contribution >= 0.6 is 0 Å². The van der Waals surface area contributed by atoms with Gasteiger partial charge in [-0.25, -0.2) is 9.18 Å². The number of halogens is 1. The van der Waals surface area contributed by atoms with Crippen molar-refractivity contribution in [3.05, 3.63) is 59.4 Å². The van der Waals surface area contributed by atoms with E-state index in [0.717, 1.165) is 5.56 Å². The molecule has 5 heteroatoms. The van der Waals surface area contributed by atoms with E-state index in [1.54, 1.807) is 30.3 Å². The Morgan fingerprint density at radius 1 is 1.24 bits per heavy atom. The fraction of sp³-hybridized carbons (Fsp3) is 0.188. The number of aryl methyl sites for hydroxylation is 1. The van der Waals surface area contributed by atoms with Crippen molar-refractivity contribution in [1.29, 1.82) is 0 Å². The van der Waals surface area contributed by atoms with Crippen LogP contribution in [0.1, 0.15) is 11.1 Å². The van der Waals surface area contributed by atoms with Crippen LogP contribution in [0.3, 0.4) is 0 Å². The quantitative estimate of drug-likeness (QED) is 0.679. The molecule has 0 unspecified atom stereocenters. The largest absolute Gasteiger partial charge is 0.480 e. The molecule has 0 spiro atoms. The molecule has 0 bridgehead atoms. The van der Waals surface area contributed by atoms with Gasteiger partial charge in [0.2, 0.25) is 0 Å². The van der Waals surface area contributed by atoms with Crippen LogP contribution in [-0.4, -0.2) is 12.6 Å². The van der Waals surface area contributed by atoms with Gasteiger partial charge in [0.1, 0.15) is 18.2 Å². The zero-order valence-electron chi connectivity index (χ0n) is 11.6. The Morgan fingerprint density at radius 3 is 2.76 bits per heavy atom. The minimum Gasteiger partial charge on any atom is -0.480 e. The zero-order chi connectivity index (χ0) is 15.2. The van der Waals surface area contributed by atoms with E-state index >= 15 is 0 Å². The Hall–Kier alpha value is -2.56. The summed E-state index contributed by atoms with van der Waals surface area (Å²) in [5, 5.41) is 0. The topological polar surface area (TPSA) is 61.5 Å². The molecule has 0 aliphatic heterocycles. The number of esters is 1. The summed E-state index contributed by atoms with van der Waals surface area (Å²) in [6.07, 6.45) is 0. The lowest BCUT2D eigenvalue weighted by Crippen LogP contribution is -2.15. The Kier molecular flexibility index (Phi) is 4.77. The first-order chi connectivity index (χ1) is 10.1. The third kappa shape index (κ3) is 4.21.